The van der Waals surface area contributed by atoms with Crippen molar-refractivity contribution in [2.24, 2.45) is 34.3 Å². The van der Waals surface area contributed by atoms with Crippen molar-refractivity contribution in [3.05, 3.63) is 0 Å². The van der Waals surface area contributed by atoms with Crippen LogP contribution in [0.1, 0.15) is 76.6 Å². The molecule has 3 aliphatic rings. The maximum atomic E-state index is 13.8. The molecule has 2 unspecified atom stereocenters. The first-order valence-electron chi connectivity index (χ1n) is 13.1. The van der Waals surface area contributed by atoms with Crippen LogP contribution < -0.4 is 16.4 Å². The van der Waals surface area contributed by atoms with Gasteiger partial charge in [0.1, 0.15) is 12.1 Å². The van der Waals surface area contributed by atoms with E-state index in [9.17, 15) is 37.1 Å². The van der Waals surface area contributed by atoms with Gasteiger partial charge in [-0.1, -0.05) is 54.9 Å². The third-order valence-electron chi connectivity index (χ3n) is 8.31. The second-order valence-corrected chi connectivity index (χ2v) is 13.2. The quantitative estimate of drug-likeness (QED) is 0.358. The minimum atomic E-state index is -4.84. The molecule has 2 saturated carbocycles. The van der Waals surface area contributed by atoms with E-state index in [-0.39, 0.29) is 45.0 Å². The van der Waals surface area contributed by atoms with Crippen molar-refractivity contribution in [1.82, 2.24) is 15.5 Å². The molecular weight excluding hydrogens is 533 g/mol. The first-order chi connectivity index (χ1) is 17.6. The molecule has 3 fully saturated rings. The van der Waals surface area contributed by atoms with Crippen molar-refractivity contribution in [3.63, 3.8) is 0 Å². The van der Waals surface area contributed by atoms with Crippen molar-refractivity contribution in [2.45, 2.75) is 105 Å². The summed E-state index contributed by atoms with van der Waals surface area (Å²) in [6.07, 6.45) is -4.27. The standard InChI is InChI=1S/C26H39F3N4O6.CH4.H2/c1-23(2,3)18(32-22(38)39-25(6,7)26(27,28)29)21(37)33-11-13-15(24(13,4)5)16(33)20(36)31-14(10-12-8-9-12)17(34)19(30)35;;/h12-16,18H,8-11H2,1-7H3,(H2,30,35)(H,31,36)(H,32,38);1H4;1H/t13-,14?,15-,16?,18+;;/m0../s1. The van der Waals surface area contributed by atoms with E-state index in [1.165, 1.54) is 4.90 Å². The molecule has 0 radical (unpaired) electrons. The Balaban J connectivity index is 0.00000420. The summed E-state index contributed by atoms with van der Waals surface area (Å²) >= 11 is 0. The van der Waals surface area contributed by atoms with Gasteiger partial charge in [0.25, 0.3) is 5.91 Å². The third kappa shape index (κ3) is 6.71. The number of likely N-dealkylation sites (tertiary alicyclic amines) is 1. The lowest BCUT2D eigenvalue weighted by atomic mass is 9.85. The van der Waals surface area contributed by atoms with E-state index in [0.717, 1.165) is 12.8 Å². The van der Waals surface area contributed by atoms with Gasteiger partial charge < -0.3 is 26.0 Å². The SMILES string of the molecule is C.CC(C)(C)[C@H](NC(=O)OC(C)(C)C(F)(F)F)C(=O)N1C[C@H]2[C@@H](C1C(=O)NC(CC1CC1)C(=O)C(N)=O)C2(C)C.[HH]. The van der Waals surface area contributed by atoms with Crippen LogP contribution >= 0.6 is 0 Å². The highest BCUT2D eigenvalue weighted by atomic mass is 19.4. The van der Waals surface area contributed by atoms with E-state index in [1.807, 2.05) is 13.8 Å². The molecule has 4 amide bonds. The highest BCUT2D eigenvalue weighted by molar-refractivity contribution is 6.37. The molecule has 1 aliphatic heterocycles. The zero-order valence-corrected chi connectivity index (χ0v) is 23.4. The number of nitrogens with zero attached hydrogens (tertiary/aromatic N) is 1. The number of hydrogen-bond acceptors (Lipinski definition) is 6. The number of nitrogens with two attached hydrogens (primary N) is 1. The van der Waals surface area contributed by atoms with Crippen LogP contribution in [0.5, 0.6) is 0 Å². The lowest BCUT2D eigenvalue weighted by Crippen LogP contribution is -2.61. The fourth-order valence-corrected chi connectivity index (χ4v) is 5.41. The number of ether oxygens (including phenoxy) is 1. The number of alkyl halides is 3. The van der Waals surface area contributed by atoms with E-state index in [0.29, 0.717) is 13.8 Å². The number of ketones is 1. The Morgan fingerprint density at radius 3 is 2.05 bits per heavy atom. The molecule has 5 atom stereocenters. The first-order valence-corrected chi connectivity index (χ1v) is 13.1. The molecule has 0 spiro atoms. The van der Waals surface area contributed by atoms with Crippen molar-refractivity contribution in [3.8, 4) is 0 Å². The van der Waals surface area contributed by atoms with E-state index in [4.69, 9.17) is 5.73 Å². The Morgan fingerprint density at radius 2 is 1.60 bits per heavy atom. The Bertz CT molecular complexity index is 1050. The first kappa shape index (κ1) is 33.3. The number of rotatable bonds is 9. The summed E-state index contributed by atoms with van der Waals surface area (Å²) in [5.74, 6) is -3.45. The van der Waals surface area contributed by atoms with Crippen LogP contribution in [0.15, 0.2) is 0 Å². The number of carbonyl (C=O) groups is 5. The molecule has 3 rings (SSSR count). The van der Waals surface area contributed by atoms with E-state index < -0.39 is 64.9 Å². The summed E-state index contributed by atoms with van der Waals surface area (Å²) in [5, 5.41) is 4.92. The number of fused-ring (bicyclic) bond motifs is 1. The predicted molar refractivity (Wildman–Crippen MR) is 142 cm³/mol. The van der Waals surface area contributed by atoms with Gasteiger partial charge in [0.2, 0.25) is 23.2 Å². The maximum Gasteiger partial charge on any atom is 0.427 e. The predicted octanol–water partition coefficient (Wildman–Crippen LogP) is 3.17. The molecule has 10 nitrogen and oxygen atoms in total. The number of hydrogen-bond donors (Lipinski definition) is 3. The largest absolute Gasteiger partial charge is 0.434 e. The number of halogens is 3. The number of alkyl carbamates (subject to hydrolysis) is 1. The van der Waals surface area contributed by atoms with E-state index >= 15 is 0 Å². The number of amides is 4. The molecule has 4 N–H and O–H groups in total. The monoisotopic (exact) mass is 578 g/mol. The Kier molecular flexibility index (Phi) is 9.04. The van der Waals surface area contributed by atoms with Gasteiger partial charge in [-0.3, -0.25) is 19.2 Å². The minimum Gasteiger partial charge on any atom is -0.434 e. The van der Waals surface area contributed by atoms with E-state index in [2.05, 4.69) is 15.4 Å². The van der Waals surface area contributed by atoms with Crippen molar-refractivity contribution in [1.29, 1.82) is 0 Å². The van der Waals surface area contributed by atoms with Gasteiger partial charge in [-0.25, -0.2) is 4.79 Å². The number of carbonyl (C=O) groups excluding carboxylic acids is 5. The Hall–Kier alpha value is -2.86. The van der Waals surface area contributed by atoms with Crippen LogP contribution in [0.3, 0.4) is 0 Å². The van der Waals surface area contributed by atoms with Crippen LogP contribution in [-0.2, 0) is 23.9 Å². The zero-order valence-electron chi connectivity index (χ0n) is 23.4. The molecule has 230 valence electrons. The van der Waals surface area contributed by atoms with Gasteiger partial charge in [0.05, 0.1) is 6.04 Å². The molecule has 0 bridgehead atoms. The van der Waals surface area contributed by atoms with Crippen LogP contribution in [0.2, 0.25) is 0 Å². The smallest absolute Gasteiger partial charge is 0.427 e. The third-order valence-corrected chi connectivity index (χ3v) is 8.31. The molecule has 0 aromatic carbocycles. The number of primary amides is 1. The average molecular weight is 579 g/mol. The number of nitrogens with one attached hydrogen (secondary N) is 2. The number of Topliss-reactive ketones (excluding diaryl/α,β-unsaturated/α-hetero) is 1. The molecule has 0 aromatic rings. The molecule has 13 heteroatoms. The summed E-state index contributed by atoms with van der Waals surface area (Å²) in [7, 11) is 0. The number of piperidine rings is 1. The average Bonchev–Trinajstić information content (AvgIpc) is 3.61. The highest BCUT2D eigenvalue weighted by Gasteiger charge is 2.70. The summed E-state index contributed by atoms with van der Waals surface area (Å²) in [5.41, 5.74) is 1.16. The second-order valence-electron chi connectivity index (χ2n) is 13.2. The van der Waals surface area contributed by atoms with Crippen LogP contribution in [0.4, 0.5) is 18.0 Å². The summed E-state index contributed by atoms with van der Waals surface area (Å²) in [6, 6.07) is -3.44. The second kappa shape index (κ2) is 10.8. The van der Waals surface area contributed by atoms with Gasteiger partial charge >= 0.3 is 12.3 Å². The fraction of sp³-hybridized carbons (Fsp3) is 0.815. The van der Waals surface area contributed by atoms with Gasteiger partial charge in [0, 0.05) is 7.97 Å². The molecule has 1 heterocycles. The maximum absolute atomic E-state index is 13.8. The minimum absolute atomic E-state index is 0. The van der Waals surface area contributed by atoms with E-state index in [1.54, 1.807) is 20.8 Å². The summed E-state index contributed by atoms with van der Waals surface area (Å²) in [6.45, 7) is 10.4. The van der Waals surface area contributed by atoms with Gasteiger partial charge in [-0.15, -0.1) is 0 Å². The Labute approximate surface area is 234 Å². The van der Waals surface area contributed by atoms with Crippen LogP contribution in [0.25, 0.3) is 0 Å². The van der Waals surface area contributed by atoms with Crippen LogP contribution in [-0.4, -0.2) is 70.9 Å². The molecule has 2 aliphatic carbocycles. The molecule has 1 saturated heterocycles. The summed E-state index contributed by atoms with van der Waals surface area (Å²) < 4.78 is 44.4. The topological polar surface area (TPSA) is 148 Å². The van der Waals surface area contributed by atoms with Gasteiger partial charge in [-0.05, 0) is 48.9 Å². The van der Waals surface area contributed by atoms with Crippen molar-refractivity contribution < 1.29 is 43.3 Å². The highest BCUT2D eigenvalue weighted by Crippen LogP contribution is 2.65. The lowest BCUT2D eigenvalue weighted by Gasteiger charge is -2.38. The molecule has 40 heavy (non-hydrogen) atoms. The van der Waals surface area contributed by atoms with Gasteiger partial charge in [0.15, 0.2) is 0 Å². The normalized spacial score (nSPS) is 25.1. The zero-order chi connectivity index (χ0) is 29.9. The molecule has 0 aromatic heterocycles. The lowest BCUT2D eigenvalue weighted by molar-refractivity contribution is -0.244. The van der Waals surface area contributed by atoms with Crippen molar-refractivity contribution in [2.75, 3.05) is 6.54 Å². The van der Waals surface area contributed by atoms with Crippen LogP contribution in [0, 0.1) is 28.6 Å². The Morgan fingerprint density at radius 1 is 1.05 bits per heavy atom. The summed E-state index contributed by atoms with van der Waals surface area (Å²) in [4.78, 5) is 65.2. The van der Waals surface area contributed by atoms with Gasteiger partial charge in [-0.2, -0.15) is 13.2 Å². The fourth-order valence-electron chi connectivity index (χ4n) is 5.41. The van der Waals surface area contributed by atoms with Crippen molar-refractivity contribution >= 4 is 29.6 Å². The molecular formula is C27H45F3N4O6.